The third-order valence-corrected chi connectivity index (χ3v) is 1.75. The van der Waals surface area contributed by atoms with Gasteiger partial charge in [-0.1, -0.05) is 0 Å². The summed E-state index contributed by atoms with van der Waals surface area (Å²) in [6.45, 7) is 4.72. The van der Waals surface area contributed by atoms with Crippen LogP contribution in [0, 0.1) is 11.3 Å². The monoisotopic (exact) mass is 178 g/mol. The largest absolute Gasteiger partial charge is 0.314 e. The number of hydrogen-bond acceptors (Lipinski definition) is 3. The minimum absolute atomic E-state index is 0.236. The zero-order valence-electron chi connectivity index (χ0n) is 8.20. The number of aromatic nitrogens is 2. The van der Waals surface area contributed by atoms with Crippen LogP contribution in [-0.2, 0) is 6.54 Å². The molecule has 0 unspecified atom stereocenters. The van der Waals surface area contributed by atoms with Gasteiger partial charge in [0.2, 0.25) is 0 Å². The predicted octanol–water partition coefficient (Wildman–Crippen LogP) is 1.06. The number of nitrogens with zero attached hydrogens (tertiary/aromatic N) is 3. The minimum Gasteiger partial charge on any atom is -0.314 e. The molecule has 0 fully saturated rings. The molecule has 4 nitrogen and oxygen atoms in total. The van der Waals surface area contributed by atoms with Crippen molar-refractivity contribution in [2.24, 2.45) is 0 Å². The first-order valence-electron chi connectivity index (χ1n) is 4.32. The van der Waals surface area contributed by atoms with Crippen molar-refractivity contribution in [2.75, 3.05) is 7.05 Å². The molecule has 0 amide bonds. The molecular formula is C9H14N4. The Morgan fingerprint density at radius 2 is 2.38 bits per heavy atom. The highest BCUT2D eigenvalue weighted by Crippen LogP contribution is 2.09. The van der Waals surface area contributed by atoms with E-state index in [1.807, 2.05) is 27.0 Å². The first kappa shape index (κ1) is 9.75. The molecule has 1 aromatic rings. The number of hydrogen-bond donors (Lipinski definition) is 1. The van der Waals surface area contributed by atoms with E-state index in [2.05, 4.69) is 16.5 Å². The molecule has 1 N–H and O–H groups in total. The molecule has 0 radical (unpaired) electrons. The zero-order chi connectivity index (χ0) is 9.84. The second kappa shape index (κ2) is 4.06. The Hall–Kier alpha value is -1.34. The summed E-state index contributed by atoms with van der Waals surface area (Å²) in [6, 6.07) is 4.18. The SMILES string of the molecule is CNCc1cc(C#N)n(C(C)C)n1. The van der Waals surface area contributed by atoms with Crippen LogP contribution in [0.5, 0.6) is 0 Å². The summed E-state index contributed by atoms with van der Waals surface area (Å²) in [5.41, 5.74) is 1.54. The summed E-state index contributed by atoms with van der Waals surface area (Å²) in [5.74, 6) is 0. The summed E-state index contributed by atoms with van der Waals surface area (Å²) in [5, 5.41) is 16.1. The number of rotatable bonds is 3. The van der Waals surface area contributed by atoms with Crippen molar-refractivity contribution in [3.05, 3.63) is 17.5 Å². The third-order valence-electron chi connectivity index (χ3n) is 1.75. The van der Waals surface area contributed by atoms with Gasteiger partial charge in [-0.3, -0.25) is 4.68 Å². The van der Waals surface area contributed by atoms with Crippen molar-refractivity contribution in [2.45, 2.75) is 26.4 Å². The first-order valence-corrected chi connectivity index (χ1v) is 4.32. The van der Waals surface area contributed by atoms with E-state index in [1.54, 1.807) is 4.68 Å². The molecule has 1 heterocycles. The van der Waals surface area contributed by atoms with E-state index in [9.17, 15) is 0 Å². The summed E-state index contributed by atoms with van der Waals surface area (Å²) >= 11 is 0. The minimum atomic E-state index is 0.236. The van der Waals surface area contributed by atoms with Crippen LogP contribution in [0.25, 0.3) is 0 Å². The second-order valence-corrected chi connectivity index (χ2v) is 3.20. The van der Waals surface area contributed by atoms with E-state index < -0.39 is 0 Å². The van der Waals surface area contributed by atoms with Crippen LogP contribution in [0.4, 0.5) is 0 Å². The Labute approximate surface area is 78.2 Å². The van der Waals surface area contributed by atoms with Crippen LogP contribution >= 0.6 is 0 Å². The second-order valence-electron chi connectivity index (χ2n) is 3.20. The van der Waals surface area contributed by atoms with Gasteiger partial charge in [0.15, 0.2) is 0 Å². The van der Waals surface area contributed by atoms with Gasteiger partial charge in [0, 0.05) is 12.6 Å². The van der Waals surface area contributed by atoms with Gasteiger partial charge in [-0.25, -0.2) is 0 Å². The van der Waals surface area contributed by atoms with Crippen LogP contribution in [0.1, 0.15) is 31.3 Å². The molecule has 1 aromatic heterocycles. The highest BCUT2D eigenvalue weighted by atomic mass is 15.3. The molecular weight excluding hydrogens is 164 g/mol. The maximum atomic E-state index is 8.82. The third kappa shape index (κ3) is 2.07. The van der Waals surface area contributed by atoms with Crippen molar-refractivity contribution < 1.29 is 0 Å². The topological polar surface area (TPSA) is 53.6 Å². The molecule has 0 aromatic carbocycles. The van der Waals surface area contributed by atoms with Crippen LogP contribution in [0.15, 0.2) is 6.07 Å². The average Bonchev–Trinajstić information content (AvgIpc) is 2.48. The van der Waals surface area contributed by atoms with Crippen LogP contribution in [0.3, 0.4) is 0 Å². The molecule has 0 spiro atoms. The van der Waals surface area contributed by atoms with Crippen LogP contribution < -0.4 is 5.32 Å². The molecule has 0 aliphatic carbocycles. The van der Waals surface area contributed by atoms with E-state index in [4.69, 9.17) is 5.26 Å². The van der Waals surface area contributed by atoms with Gasteiger partial charge in [0.1, 0.15) is 11.8 Å². The molecule has 0 aliphatic rings. The number of nitrogens with one attached hydrogen (secondary N) is 1. The standard InChI is InChI=1S/C9H14N4/c1-7(2)13-9(5-10)4-8(12-13)6-11-3/h4,7,11H,6H2,1-3H3. The van der Waals surface area contributed by atoms with Gasteiger partial charge in [-0.05, 0) is 27.0 Å². The van der Waals surface area contributed by atoms with Gasteiger partial charge < -0.3 is 5.32 Å². The summed E-state index contributed by atoms with van der Waals surface area (Å²) < 4.78 is 1.74. The summed E-state index contributed by atoms with van der Waals surface area (Å²) in [6.07, 6.45) is 0. The van der Waals surface area contributed by atoms with Crippen molar-refractivity contribution in [3.63, 3.8) is 0 Å². The maximum Gasteiger partial charge on any atom is 0.139 e. The summed E-state index contributed by atoms with van der Waals surface area (Å²) in [4.78, 5) is 0. The highest BCUT2D eigenvalue weighted by Gasteiger charge is 2.08. The Balaban J connectivity index is 2.99. The van der Waals surface area contributed by atoms with Gasteiger partial charge in [-0.2, -0.15) is 10.4 Å². The molecule has 13 heavy (non-hydrogen) atoms. The molecule has 70 valence electrons. The first-order chi connectivity index (χ1) is 6.19. The van der Waals surface area contributed by atoms with E-state index in [0.29, 0.717) is 12.2 Å². The predicted molar refractivity (Wildman–Crippen MR) is 50.1 cm³/mol. The van der Waals surface area contributed by atoms with Crippen molar-refractivity contribution in [1.82, 2.24) is 15.1 Å². The molecule has 0 aliphatic heterocycles. The Bertz CT molecular complexity index is 319. The van der Waals surface area contributed by atoms with E-state index in [1.165, 1.54) is 0 Å². The summed E-state index contributed by atoms with van der Waals surface area (Å²) in [7, 11) is 1.86. The van der Waals surface area contributed by atoms with Gasteiger partial charge in [0.25, 0.3) is 0 Å². The Kier molecular flexibility index (Phi) is 3.04. The lowest BCUT2D eigenvalue weighted by Crippen LogP contribution is -2.08. The zero-order valence-corrected chi connectivity index (χ0v) is 8.20. The quantitative estimate of drug-likeness (QED) is 0.752. The average molecular weight is 178 g/mol. The van der Waals surface area contributed by atoms with Gasteiger partial charge in [-0.15, -0.1) is 0 Å². The molecule has 0 atom stereocenters. The van der Waals surface area contributed by atoms with Crippen molar-refractivity contribution in [1.29, 1.82) is 5.26 Å². The normalized spacial score (nSPS) is 10.4. The molecule has 1 rings (SSSR count). The van der Waals surface area contributed by atoms with E-state index in [-0.39, 0.29) is 6.04 Å². The lowest BCUT2D eigenvalue weighted by molar-refractivity contribution is 0.519. The fourth-order valence-corrected chi connectivity index (χ4v) is 1.19. The highest BCUT2D eigenvalue weighted by molar-refractivity contribution is 5.23. The Morgan fingerprint density at radius 1 is 1.69 bits per heavy atom. The van der Waals surface area contributed by atoms with Crippen LogP contribution in [-0.4, -0.2) is 16.8 Å². The fraction of sp³-hybridized carbons (Fsp3) is 0.556. The Morgan fingerprint density at radius 3 is 2.77 bits per heavy atom. The van der Waals surface area contributed by atoms with Gasteiger partial charge in [0.05, 0.1) is 5.69 Å². The molecule has 4 heteroatoms. The van der Waals surface area contributed by atoms with Crippen LogP contribution in [0.2, 0.25) is 0 Å². The smallest absolute Gasteiger partial charge is 0.139 e. The lowest BCUT2D eigenvalue weighted by Gasteiger charge is -2.05. The molecule has 0 bridgehead atoms. The number of nitriles is 1. The lowest BCUT2D eigenvalue weighted by atomic mass is 10.3. The van der Waals surface area contributed by atoms with Crippen molar-refractivity contribution in [3.8, 4) is 6.07 Å². The van der Waals surface area contributed by atoms with Gasteiger partial charge >= 0.3 is 0 Å². The van der Waals surface area contributed by atoms with E-state index in [0.717, 1.165) is 5.69 Å². The van der Waals surface area contributed by atoms with E-state index >= 15 is 0 Å². The molecule has 0 saturated carbocycles. The fourth-order valence-electron chi connectivity index (χ4n) is 1.19. The maximum absolute atomic E-state index is 8.82. The molecule has 0 saturated heterocycles. The van der Waals surface area contributed by atoms with Crippen molar-refractivity contribution >= 4 is 0 Å².